The largest absolute Gasteiger partial charge is 0.300 e. The first-order chi connectivity index (χ1) is 8.69. The van der Waals surface area contributed by atoms with Crippen LogP contribution in [0.5, 0.6) is 0 Å². The molecule has 0 aliphatic heterocycles. The minimum absolute atomic E-state index is 0.518. The molecule has 0 aromatic rings. The molecule has 2 aliphatic carbocycles. The van der Waals surface area contributed by atoms with Gasteiger partial charge < -0.3 is 0 Å². The standard InChI is InChI=1S/C17H30O/c1-3-7-14(2)17(12-10-16(18)11-13-17)15-8-5-4-6-9-15/h14-15H,3-13H2,1-2H3. The summed E-state index contributed by atoms with van der Waals surface area (Å²) in [5, 5.41) is 0. The molecule has 0 bridgehead atoms. The Kier molecular flexibility index (Phi) is 4.86. The maximum atomic E-state index is 11.6. The normalized spacial score (nSPS) is 27.1. The van der Waals surface area contributed by atoms with Gasteiger partial charge in [-0.25, -0.2) is 0 Å². The van der Waals surface area contributed by atoms with Crippen molar-refractivity contribution in [1.82, 2.24) is 0 Å². The number of ketones is 1. The summed E-state index contributed by atoms with van der Waals surface area (Å²) >= 11 is 0. The van der Waals surface area contributed by atoms with Crippen LogP contribution in [-0.4, -0.2) is 5.78 Å². The fourth-order valence-corrected chi connectivity index (χ4v) is 4.70. The summed E-state index contributed by atoms with van der Waals surface area (Å²) in [6, 6.07) is 0. The van der Waals surface area contributed by atoms with Crippen LogP contribution in [0, 0.1) is 17.3 Å². The second-order valence-electron chi connectivity index (χ2n) is 6.80. The molecule has 1 atom stereocenters. The molecule has 2 rings (SSSR count). The molecular weight excluding hydrogens is 220 g/mol. The van der Waals surface area contributed by atoms with E-state index in [4.69, 9.17) is 0 Å². The summed E-state index contributed by atoms with van der Waals surface area (Å²) in [6.07, 6.45) is 13.9. The third-order valence-corrected chi connectivity index (χ3v) is 5.86. The Morgan fingerprint density at radius 2 is 1.78 bits per heavy atom. The van der Waals surface area contributed by atoms with E-state index >= 15 is 0 Å². The first-order valence-electron chi connectivity index (χ1n) is 8.20. The molecule has 2 saturated carbocycles. The Balaban J connectivity index is 2.12. The lowest BCUT2D eigenvalue weighted by Crippen LogP contribution is -2.41. The first kappa shape index (κ1) is 14.1. The van der Waals surface area contributed by atoms with E-state index in [9.17, 15) is 4.79 Å². The Bertz CT molecular complexity index is 265. The van der Waals surface area contributed by atoms with E-state index < -0.39 is 0 Å². The highest BCUT2D eigenvalue weighted by atomic mass is 16.1. The van der Waals surface area contributed by atoms with Crippen LogP contribution in [0.3, 0.4) is 0 Å². The maximum absolute atomic E-state index is 11.6. The third-order valence-electron chi connectivity index (χ3n) is 5.86. The van der Waals surface area contributed by atoms with Crippen LogP contribution in [0.1, 0.15) is 84.5 Å². The average molecular weight is 250 g/mol. The highest BCUT2D eigenvalue weighted by Crippen LogP contribution is 2.53. The number of hydrogen-bond donors (Lipinski definition) is 0. The van der Waals surface area contributed by atoms with Crippen LogP contribution < -0.4 is 0 Å². The molecule has 0 radical (unpaired) electrons. The van der Waals surface area contributed by atoms with Crippen molar-refractivity contribution >= 4 is 5.78 Å². The van der Waals surface area contributed by atoms with Gasteiger partial charge in [-0.1, -0.05) is 46.0 Å². The van der Waals surface area contributed by atoms with Gasteiger partial charge in [0.05, 0.1) is 0 Å². The van der Waals surface area contributed by atoms with E-state index in [-0.39, 0.29) is 0 Å². The SMILES string of the molecule is CCCC(C)C1(C2CCCCC2)CCC(=O)CC1. The Hall–Kier alpha value is -0.330. The van der Waals surface area contributed by atoms with Crippen molar-refractivity contribution in [3.8, 4) is 0 Å². The third kappa shape index (κ3) is 2.81. The van der Waals surface area contributed by atoms with Gasteiger partial charge >= 0.3 is 0 Å². The van der Waals surface area contributed by atoms with Crippen molar-refractivity contribution in [2.45, 2.75) is 84.5 Å². The topological polar surface area (TPSA) is 17.1 Å². The van der Waals surface area contributed by atoms with Gasteiger partial charge in [0.25, 0.3) is 0 Å². The Morgan fingerprint density at radius 1 is 1.17 bits per heavy atom. The van der Waals surface area contributed by atoms with E-state index in [2.05, 4.69) is 13.8 Å². The van der Waals surface area contributed by atoms with E-state index in [1.807, 2.05) is 0 Å². The zero-order valence-electron chi connectivity index (χ0n) is 12.3. The predicted octanol–water partition coefficient (Wildman–Crippen LogP) is 5.13. The number of hydrogen-bond acceptors (Lipinski definition) is 1. The Morgan fingerprint density at radius 3 is 2.33 bits per heavy atom. The van der Waals surface area contributed by atoms with Gasteiger partial charge in [-0.2, -0.15) is 0 Å². The van der Waals surface area contributed by atoms with E-state index in [0.29, 0.717) is 11.2 Å². The summed E-state index contributed by atoms with van der Waals surface area (Å²) in [6.45, 7) is 4.77. The van der Waals surface area contributed by atoms with Gasteiger partial charge in [-0.15, -0.1) is 0 Å². The van der Waals surface area contributed by atoms with Crippen molar-refractivity contribution in [2.75, 3.05) is 0 Å². The molecular formula is C17H30O. The van der Waals surface area contributed by atoms with Crippen LogP contribution in [0.25, 0.3) is 0 Å². The highest BCUT2D eigenvalue weighted by Gasteiger charge is 2.44. The van der Waals surface area contributed by atoms with Gasteiger partial charge in [0.15, 0.2) is 0 Å². The number of Topliss-reactive ketones (excluding diaryl/α,β-unsaturated/α-hetero) is 1. The first-order valence-corrected chi connectivity index (χ1v) is 8.20. The molecule has 0 aromatic heterocycles. The van der Waals surface area contributed by atoms with Gasteiger partial charge in [0.1, 0.15) is 5.78 Å². The molecule has 104 valence electrons. The molecule has 0 heterocycles. The summed E-state index contributed by atoms with van der Waals surface area (Å²) < 4.78 is 0. The van der Waals surface area contributed by atoms with Gasteiger partial charge in [-0.05, 0) is 42.9 Å². The molecule has 0 saturated heterocycles. The summed E-state index contributed by atoms with van der Waals surface area (Å²) in [5.41, 5.74) is 0.518. The highest BCUT2D eigenvalue weighted by molar-refractivity contribution is 5.79. The molecule has 1 nitrogen and oxygen atoms in total. The van der Waals surface area contributed by atoms with Crippen LogP contribution in [-0.2, 0) is 4.79 Å². The monoisotopic (exact) mass is 250 g/mol. The molecule has 2 fully saturated rings. The Labute approximate surface area is 113 Å². The van der Waals surface area contributed by atoms with Crippen molar-refractivity contribution in [2.24, 2.45) is 17.3 Å². The van der Waals surface area contributed by atoms with Crippen molar-refractivity contribution in [3.63, 3.8) is 0 Å². The number of rotatable bonds is 4. The predicted molar refractivity (Wildman–Crippen MR) is 76.6 cm³/mol. The van der Waals surface area contributed by atoms with Crippen LogP contribution >= 0.6 is 0 Å². The zero-order valence-corrected chi connectivity index (χ0v) is 12.3. The van der Waals surface area contributed by atoms with Crippen molar-refractivity contribution in [1.29, 1.82) is 0 Å². The van der Waals surface area contributed by atoms with Gasteiger partial charge in [0, 0.05) is 12.8 Å². The lowest BCUT2D eigenvalue weighted by atomic mass is 9.55. The molecule has 2 aliphatic rings. The van der Waals surface area contributed by atoms with Crippen molar-refractivity contribution < 1.29 is 4.79 Å². The van der Waals surface area contributed by atoms with Crippen molar-refractivity contribution in [3.05, 3.63) is 0 Å². The van der Waals surface area contributed by atoms with Crippen LogP contribution in [0.15, 0.2) is 0 Å². The molecule has 1 unspecified atom stereocenters. The fraction of sp³-hybridized carbons (Fsp3) is 0.941. The smallest absolute Gasteiger partial charge is 0.132 e. The fourth-order valence-electron chi connectivity index (χ4n) is 4.70. The molecule has 0 aromatic carbocycles. The molecule has 0 spiro atoms. The molecule has 1 heteroatoms. The average Bonchev–Trinajstić information content (AvgIpc) is 2.41. The van der Waals surface area contributed by atoms with E-state index in [0.717, 1.165) is 24.7 Å². The summed E-state index contributed by atoms with van der Waals surface area (Å²) in [7, 11) is 0. The van der Waals surface area contributed by atoms with E-state index in [1.165, 1.54) is 57.8 Å². The lowest BCUT2D eigenvalue weighted by molar-refractivity contribution is -0.125. The summed E-state index contributed by atoms with van der Waals surface area (Å²) in [5.74, 6) is 2.25. The second kappa shape index (κ2) is 6.21. The van der Waals surface area contributed by atoms with Gasteiger partial charge in [-0.3, -0.25) is 4.79 Å². The quantitative estimate of drug-likeness (QED) is 0.675. The van der Waals surface area contributed by atoms with E-state index in [1.54, 1.807) is 0 Å². The maximum Gasteiger partial charge on any atom is 0.132 e. The van der Waals surface area contributed by atoms with Crippen LogP contribution in [0.2, 0.25) is 0 Å². The number of carbonyl (C=O) groups is 1. The minimum Gasteiger partial charge on any atom is -0.300 e. The van der Waals surface area contributed by atoms with Gasteiger partial charge in [0.2, 0.25) is 0 Å². The molecule has 0 N–H and O–H groups in total. The second-order valence-corrected chi connectivity index (χ2v) is 6.80. The molecule has 18 heavy (non-hydrogen) atoms. The van der Waals surface area contributed by atoms with Crippen LogP contribution in [0.4, 0.5) is 0 Å². The minimum atomic E-state index is 0.518. The summed E-state index contributed by atoms with van der Waals surface area (Å²) in [4.78, 5) is 11.6. The lowest BCUT2D eigenvalue weighted by Gasteiger charge is -2.49. The molecule has 0 amide bonds. The number of carbonyl (C=O) groups excluding carboxylic acids is 1. The zero-order chi connectivity index (χ0) is 13.0.